The number of rotatable bonds is 3. The number of halogens is 5. The number of nitrogens with zero attached hydrogens (tertiary/aromatic N) is 1. The highest BCUT2D eigenvalue weighted by Crippen LogP contribution is 2.35. The van der Waals surface area contributed by atoms with Crippen LogP contribution < -0.4 is 5.32 Å². The standard InChI is InChI=1S/C20H15BrF4N2O/c1-11-9-14(19(28)26-17-8-7-13(22)10-16(17)21)12(2)27(11)18-6-4-3-5-15(18)20(23,24)25/h3-10H,1-2H3,(H,26,28). The van der Waals surface area contributed by atoms with Crippen LogP contribution in [0.3, 0.4) is 0 Å². The molecule has 0 fully saturated rings. The van der Waals surface area contributed by atoms with Gasteiger partial charge in [-0.1, -0.05) is 12.1 Å². The summed E-state index contributed by atoms with van der Waals surface area (Å²) >= 11 is 3.17. The van der Waals surface area contributed by atoms with Crippen LogP contribution in [0.1, 0.15) is 27.3 Å². The summed E-state index contributed by atoms with van der Waals surface area (Å²) in [5, 5.41) is 2.64. The van der Waals surface area contributed by atoms with Crippen molar-refractivity contribution in [1.82, 2.24) is 4.57 Å². The molecule has 0 aliphatic carbocycles. The number of carbonyl (C=O) groups is 1. The fraction of sp³-hybridized carbons (Fsp3) is 0.150. The predicted molar refractivity (Wildman–Crippen MR) is 102 cm³/mol. The molecular weight excluding hydrogens is 440 g/mol. The van der Waals surface area contributed by atoms with Gasteiger partial charge in [0.15, 0.2) is 0 Å². The Hall–Kier alpha value is -2.61. The molecule has 0 spiro atoms. The molecule has 3 aromatic rings. The highest BCUT2D eigenvalue weighted by Gasteiger charge is 2.34. The molecule has 0 aliphatic heterocycles. The van der Waals surface area contributed by atoms with Crippen LogP contribution in [-0.2, 0) is 6.18 Å². The molecule has 3 nitrogen and oxygen atoms in total. The SMILES string of the molecule is Cc1cc(C(=O)Nc2ccc(F)cc2Br)c(C)n1-c1ccccc1C(F)(F)F. The number of amides is 1. The minimum absolute atomic E-state index is 0.0491. The van der Waals surface area contributed by atoms with Crippen molar-refractivity contribution in [2.45, 2.75) is 20.0 Å². The number of benzene rings is 2. The second-order valence-corrected chi connectivity index (χ2v) is 7.07. The van der Waals surface area contributed by atoms with Gasteiger partial charge in [-0.05, 0) is 66.2 Å². The van der Waals surface area contributed by atoms with Gasteiger partial charge in [-0.2, -0.15) is 13.2 Å². The lowest BCUT2D eigenvalue weighted by Crippen LogP contribution is -2.15. The lowest BCUT2D eigenvalue weighted by Gasteiger charge is -2.17. The molecule has 0 radical (unpaired) electrons. The van der Waals surface area contributed by atoms with Gasteiger partial charge >= 0.3 is 6.18 Å². The summed E-state index contributed by atoms with van der Waals surface area (Å²) in [4.78, 5) is 12.7. The zero-order valence-electron chi connectivity index (χ0n) is 14.9. The smallest absolute Gasteiger partial charge is 0.321 e. The fourth-order valence-corrected chi connectivity index (χ4v) is 3.50. The summed E-state index contributed by atoms with van der Waals surface area (Å²) in [6.07, 6.45) is -4.53. The quantitative estimate of drug-likeness (QED) is 0.465. The maximum Gasteiger partial charge on any atom is 0.418 e. The number of para-hydroxylation sites is 1. The first-order valence-electron chi connectivity index (χ1n) is 8.21. The number of anilines is 1. The number of alkyl halides is 3. The molecule has 1 amide bonds. The van der Waals surface area contributed by atoms with E-state index in [1.54, 1.807) is 13.8 Å². The fourth-order valence-electron chi connectivity index (χ4n) is 3.05. The van der Waals surface area contributed by atoms with E-state index in [4.69, 9.17) is 0 Å². The average molecular weight is 455 g/mol. The predicted octanol–water partition coefficient (Wildman–Crippen LogP) is 6.27. The van der Waals surface area contributed by atoms with Gasteiger partial charge in [0.05, 0.1) is 22.5 Å². The second-order valence-electron chi connectivity index (χ2n) is 6.21. The largest absolute Gasteiger partial charge is 0.418 e. The van der Waals surface area contributed by atoms with Crippen molar-refractivity contribution in [3.63, 3.8) is 0 Å². The lowest BCUT2D eigenvalue weighted by molar-refractivity contribution is -0.137. The Kier molecular flexibility index (Phi) is 5.34. The highest BCUT2D eigenvalue weighted by molar-refractivity contribution is 9.10. The topological polar surface area (TPSA) is 34.0 Å². The van der Waals surface area contributed by atoms with Crippen molar-refractivity contribution in [3.05, 3.63) is 81.3 Å². The number of carbonyl (C=O) groups excluding carboxylic acids is 1. The van der Waals surface area contributed by atoms with E-state index >= 15 is 0 Å². The third-order valence-electron chi connectivity index (χ3n) is 4.31. The molecule has 1 heterocycles. The van der Waals surface area contributed by atoms with Gasteiger partial charge in [0.2, 0.25) is 0 Å². The maximum atomic E-state index is 13.4. The van der Waals surface area contributed by atoms with Gasteiger partial charge in [0.1, 0.15) is 5.82 Å². The molecule has 0 atom stereocenters. The Labute approximate surface area is 167 Å². The molecule has 3 rings (SSSR count). The summed E-state index contributed by atoms with van der Waals surface area (Å²) in [5.74, 6) is -0.969. The van der Waals surface area contributed by atoms with Gasteiger partial charge in [-0.15, -0.1) is 0 Å². The van der Waals surface area contributed by atoms with E-state index in [-0.39, 0.29) is 11.3 Å². The van der Waals surface area contributed by atoms with Crippen molar-refractivity contribution in [3.8, 4) is 5.69 Å². The lowest BCUT2D eigenvalue weighted by atomic mass is 10.1. The monoisotopic (exact) mass is 454 g/mol. The van der Waals surface area contributed by atoms with Crippen LogP contribution in [0.5, 0.6) is 0 Å². The van der Waals surface area contributed by atoms with Crippen molar-refractivity contribution >= 4 is 27.5 Å². The first-order chi connectivity index (χ1) is 13.1. The molecule has 146 valence electrons. The van der Waals surface area contributed by atoms with Crippen LogP contribution >= 0.6 is 15.9 Å². The summed E-state index contributed by atoms with van der Waals surface area (Å²) in [5.41, 5.74) is 0.595. The van der Waals surface area contributed by atoms with Crippen LogP contribution in [0.2, 0.25) is 0 Å². The molecule has 2 aromatic carbocycles. The van der Waals surface area contributed by atoms with E-state index in [1.807, 2.05) is 0 Å². The summed E-state index contributed by atoms with van der Waals surface area (Å²) in [6.45, 7) is 3.21. The molecule has 0 unspecified atom stereocenters. The molecule has 0 saturated heterocycles. The number of hydrogen-bond acceptors (Lipinski definition) is 1. The maximum absolute atomic E-state index is 13.4. The van der Waals surface area contributed by atoms with Gasteiger partial charge in [-0.3, -0.25) is 4.79 Å². The first-order valence-corrected chi connectivity index (χ1v) is 9.01. The van der Waals surface area contributed by atoms with Crippen LogP contribution in [0, 0.1) is 19.7 Å². The van der Waals surface area contributed by atoms with E-state index in [2.05, 4.69) is 21.2 Å². The van der Waals surface area contributed by atoms with Gasteiger partial charge in [0, 0.05) is 15.9 Å². The summed E-state index contributed by atoms with van der Waals surface area (Å²) < 4.78 is 55.2. The zero-order valence-corrected chi connectivity index (χ0v) is 16.5. The van der Waals surface area contributed by atoms with E-state index in [0.717, 1.165) is 6.07 Å². The average Bonchev–Trinajstić information content (AvgIpc) is 2.91. The van der Waals surface area contributed by atoms with Gasteiger partial charge < -0.3 is 9.88 Å². The zero-order chi connectivity index (χ0) is 20.6. The van der Waals surface area contributed by atoms with Crippen molar-refractivity contribution in [2.75, 3.05) is 5.32 Å². The number of hydrogen-bond donors (Lipinski definition) is 1. The van der Waals surface area contributed by atoms with Crippen molar-refractivity contribution < 1.29 is 22.4 Å². The molecular formula is C20H15BrF4N2O. The minimum atomic E-state index is -4.53. The van der Waals surface area contributed by atoms with Crippen LogP contribution in [0.25, 0.3) is 5.69 Å². The molecule has 8 heteroatoms. The Bertz CT molecular complexity index is 1060. The Morgan fingerprint density at radius 1 is 1.07 bits per heavy atom. The normalized spacial score (nSPS) is 11.5. The van der Waals surface area contributed by atoms with E-state index in [9.17, 15) is 22.4 Å². The molecule has 1 aromatic heterocycles. The van der Waals surface area contributed by atoms with E-state index in [1.165, 1.54) is 47.0 Å². The molecule has 0 aliphatic rings. The number of aromatic nitrogens is 1. The molecule has 1 N–H and O–H groups in total. The summed E-state index contributed by atoms with van der Waals surface area (Å²) in [7, 11) is 0. The number of aryl methyl sites for hydroxylation is 1. The molecule has 0 saturated carbocycles. The Morgan fingerprint density at radius 3 is 2.39 bits per heavy atom. The van der Waals surface area contributed by atoms with Crippen LogP contribution in [0.15, 0.2) is 53.0 Å². The van der Waals surface area contributed by atoms with Crippen molar-refractivity contribution in [1.29, 1.82) is 0 Å². The first kappa shape index (κ1) is 20.1. The second kappa shape index (κ2) is 7.43. The van der Waals surface area contributed by atoms with Crippen LogP contribution in [-0.4, -0.2) is 10.5 Å². The third-order valence-corrected chi connectivity index (χ3v) is 4.96. The third kappa shape index (κ3) is 3.82. The summed E-state index contributed by atoms with van der Waals surface area (Å²) in [6, 6.07) is 10.5. The van der Waals surface area contributed by atoms with Crippen LogP contribution in [0.4, 0.5) is 23.2 Å². The van der Waals surface area contributed by atoms with Gasteiger partial charge in [0.25, 0.3) is 5.91 Å². The van der Waals surface area contributed by atoms with E-state index < -0.39 is 23.5 Å². The highest BCUT2D eigenvalue weighted by atomic mass is 79.9. The van der Waals surface area contributed by atoms with E-state index in [0.29, 0.717) is 21.5 Å². The minimum Gasteiger partial charge on any atom is -0.321 e. The Morgan fingerprint density at radius 2 is 1.75 bits per heavy atom. The Balaban J connectivity index is 2.03. The molecule has 28 heavy (non-hydrogen) atoms. The van der Waals surface area contributed by atoms with Crippen molar-refractivity contribution in [2.24, 2.45) is 0 Å². The van der Waals surface area contributed by atoms with Gasteiger partial charge in [-0.25, -0.2) is 4.39 Å². The molecule has 0 bridgehead atoms. The number of nitrogens with one attached hydrogen (secondary N) is 1.